The summed E-state index contributed by atoms with van der Waals surface area (Å²) in [5.41, 5.74) is 0.892. The Morgan fingerprint density at radius 2 is 1.65 bits per heavy atom. The third kappa shape index (κ3) is 6.06. The molecule has 0 heterocycles. The van der Waals surface area contributed by atoms with Crippen LogP contribution in [0.1, 0.15) is 36.7 Å². The zero-order valence-electron chi connectivity index (χ0n) is 17.8. The van der Waals surface area contributed by atoms with Crippen molar-refractivity contribution >= 4 is 23.5 Å². The van der Waals surface area contributed by atoms with Crippen LogP contribution in [0.3, 0.4) is 0 Å². The molecule has 2 rings (SSSR count). The normalized spacial score (nSPS) is 12.3. The molecule has 0 radical (unpaired) electrons. The fraction of sp³-hybridized carbons (Fsp3) is 0.304. The zero-order chi connectivity index (χ0) is 23.0. The molecule has 162 valence electrons. The highest BCUT2D eigenvalue weighted by Crippen LogP contribution is 2.18. The number of hydrogen-bond donors (Lipinski definition) is 2. The summed E-state index contributed by atoms with van der Waals surface area (Å²) in [5.74, 6) is -1.74. The fourth-order valence-electron chi connectivity index (χ4n) is 2.77. The molecule has 2 amide bonds. The van der Waals surface area contributed by atoms with Crippen LogP contribution in [0.25, 0.3) is 0 Å². The van der Waals surface area contributed by atoms with Gasteiger partial charge in [0.15, 0.2) is 6.10 Å². The smallest absolute Gasteiger partial charge is 0.329 e. The Balaban J connectivity index is 2.07. The van der Waals surface area contributed by atoms with E-state index in [4.69, 9.17) is 14.7 Å². The minimum absolute atomic E-state index is 0.280. The Labute approximate surface area is 181 Å². The van der Waals surface area contributed by atoms with Gasteiger partial charge >= 0.3 is 5.97 Å². The number of nitrogens with zero attached hydrogens (tertiary/aromatic N) is 1. The number of carbonyl (C=O) groups is 3. The van der Waals surface area contributed by atoms with E-state index in [1.165, 1.54) is 14.0 Å². The number of ether oxygens (including phenoxy) is 2. The summed E-state index contributed by atoms with van der Waals surface area (Å²) in [6.45, 7) is 4.92. The lowest BCUT2D eigenvalue weighted by Crippen LogP contribution is -2.47. The van der Waals surface area contributed by atoms with Gasteiger partial charge in [0.2, 0.25) is 0 Å². The summed E-state index contributed by atoms with van der Waals surface area (Å²) in [6, 6.07) is 14.1. The van der Waals surface area contributed by atoms with Gasteiger partial charge in [0.25, 0.3) is 11.8 Å². The van der Waals surface area contributed by atoms with E-state index in [0.29, 0.717) is 17.0 Å². The molecule has 2 aromatic carbocycles. The molecule has 0 saturated carbocycles. The average Bonchev–Trinajstić information content (AvgIpc) is 2.77. The molecule has 8 heteroatoms. The van der Waals surface area contributed by atoms with Crippen molar-refractivity contribution in [2.45, 2.75) is 32.9 Å². The first-order valence-corrected chi connectivity index (χ1v) is 9.72. The molecule has 0 aliphatic heterocycles. The van der Waals surface area contributed by atoms with E-state index < -0.39 is 29.9 Å². The minimum Gasteiger partial charge on any atom is -0.496 e. The summed E-state index contributed by atoms with van der Waals surface area (Å²) in [5, 5.41) is 14.4. The number of nitriles is 1. The lowest BCUT2D eigenvalue weighted by atomic mass is 10.0. The molecule has 2 atom stereocenters. The summed E-state index contributed by atoms with van der Waals surface area (Å²) in [4.78, 5) is 37.8. The Morgan fingerprint density at radius 3 is 2.29 bits per heavy atom. The molecule has 0 spiro atoms. The maximum atomic E-state index is 12.7. The largest absolute Gasteiger partial charge is 0.496 e. The highest BCUT2D eigenvalue weighted by Gasteiger charge is 2.30. The van der Waals surface area contributed by atoms with Crippen molar-refractivity contribution in [1.29, 1.82) is 5.26 Å². The Bertz CT molecular complexity index is 997. The van der Waals surface area contributed by atoms with Crippen LogP contribution < -0.4 is 15.4 Å². The van der Waals surface area contributed by atoms with E-state index in [9.17, 15) is 14.4 Å². The van der Waals surface area contributed by atoms with E-state index in [2.05, 4.69) is 10.6 Å². The van der Waals surface area contributed by atoms with Crippen LogP contribution >= 0.6 is 0 Å². The summed E-state index contributed by atoms with van der Waals surface area (Å²) >= 11 is 0. The summed E-state index contributed by atoms with van der Waals surface area (Å²) in [7, 11) is 1.45. The lowest BCUT2D eigenvalue weighted by molar-refractivity contribution is -0.156. The van der Waals surface area contributed by atoms with Crippen molar-refractivity contribution in [1.82, 2.24) is 5.32 Å². The van der Waals surface area contributed by atoms with Crippen molar-refractivity contribution in [2.75, 3.05) is 12.4 Å². The van der Waals surface area contributed by atoms with E-state index >= 15 is 0 Å². The molecule has 2 aromatic rings. The van der Waals surface area contributed by atoms with Gasteiger partial charge in [-0.3, -0.25) is 9.59 Å². The van der Waals surface area contributed by atoms with Crippen LogP contribution in [0.4, 0.5) is 5.69 Å². The first kappa shape index (κ1) is 23.4. The predicted molar refractivity (Wildman–Crippen MR) is 114 cm³/mol. The number of esters is 1. The predicted octanol–water partition coefficient (Wildman–Crippen LogP) is 2.89. The molecule has 2 N–H and O–H groups in total. The third-order valence-corrected chi connectivity index (χ3v) is 4.53. The highest BCUT2D eigenvalue weighted by molar-refractivity contribution is 6.00. The Hall–Kier alpha value is -3.86. The molecule has 0 saturated heterocycles. The summed E-state index contributed by atoms with van der Waals surface area (Å²) in [6.07, 6.45) is -1.14. The van der Waals surface area contributed by atoms with Gasteiger partial charge in [-0.1, -0.05) is 38.1 Å². The van der Waals surface area contributed by atoms with Crippen LogP contribution in [0.15, 0.2) is 48.5 Å². The number of methoxy groups -OCH3 is 1. The molecular formula is C23H25N3O5. The van der Waals surface area contributed by atoms with Crippen LogP contribution in [0.2, 0.25) is 0 Å². The van der Waals surface area contributed by atoms with Crippen LogP contribution in [-0.4, -0.2) is 37.0 Å². The molecule has 0 aromatic heterocycles. The second kappa shape index (κ2) is 10.8. The molecule has 31 heavy (non-hydrogen) atoms. The van der Waals surface area contributed by atoms with Gasteiger partial charge in [0.1, 0.15) is 17.9 Å². The summed E-state index contributed by atoms with van der Waals surface area (Å²) < 4.78 is 10.5. The van der Waals surface area contributed by atoms with E-state index in [-0.39, 0.29) is 11.5 Å². The number of hydrogen-bond acceptors (Lipinski definition) is 6. The monoisotopic (exact) mass is 423 g/mol. The lowest BCUT2D eigenvalue weighted by Gasteiger charge is -2.23. The second-order valence-electron chi connectivity index (χ2n) is 7.12. The first-order valence-electron chi connectivity index (χ1n) is 9.72. The topological polar surface area (TPSA) is 118 Å². The van der Waals surface area contributed by atoms with Crippen LogP contribution in [0, 0.1) is 17.2 Å². The second-order valence-corrected chi connectivity index (χ2v) is 7.12. The SMILES string of the molecule is COc1ccccc1C(=O)N[C@H](C(=O)O[C@H](C)C(=O)Nc1ccccc1C#N)C(C)C. The standard InChI is InChI=1S/C23H25N3O5/c1-14(2)20(26-22(28)17-10-6-8-12-19(17)30-4)23(29)31-15(3)21(27)25-18-11-7-5-9-16(18)13-24/h5-12,14-15,20H,1-4H3,(H,25,27)(H,26,28)/t15-,20+/m1/s1. The number of rotatable bonds is 8. The van der Waals surface area contributed by atoms with Gasteiger partial charge in [0, 0.05) is 0 Å². The van der Waals surface area contributed by atoms with Gasteiger partial charge in [-0.05, 0) is 37.1 Å². The molecule has 0 aliphatic rings. The van der Waals surface area contributed by atoms with Gasteiger partial charge in [-0.25, -0.2) is 4.79 Å². The Kier molecular flexibility index (Phi) is 8.15. The number of benzene rings is 2. The van der Waals surface area contributed by atoms with Crippen molar-refractivity contribution in [3.8, 4) is 11.8 Å². The highest BCUT2D eigenvalue weighted by atomic mass is 16.5. The molecule has 0 fully saturated rings. The number of nitrogens with one attached hydrogen (secondary N) is 2. The molecule has 0 aliphatic carbocycles. The van der Waals surface area contributed by atoms with Gasteiger partial charge in [0.05, 0.1) is 23.9 Å². The van der Waals surface area contributed by atoms with E-state index in [0.717, 1.165) is 0 Å². The van der Waals surface area contributed by atoms with Gasteiger partial charge in [-0.2, -0.15) is 5.26 Å². The number of amides is 2. The maximum Gasteiger partial charge on any atom is 0.329 e. The van der Waals surface area contributed by atoms with Gasteiger partial charge < -0.3 is 20.1 Å². The van der Waals surface area contributed by atoms with Crippen molar-refractivity contribution < 1.29 is 23.9 Å². The van der Waals surface area contributed by atoms with E-state index in [1.54, 1.807) is 62.4 Å². The van der Waals surface area contributed by atoms with Crippen molar-refractivity contribution in [3.05, 3.63) is 59.7 Å². The maximum absolute atomic E-state index is 12.7. The molecule has 8 nitrogen and oxygen atoms in total. The number of anilines is 1. The minimum atomic E-state index is -1.14. The fourth-order valence-corrected chi connectivity index (χ4v) is 2.77. The molecular weight excluding hydrogens is 398 g/mol. The molecule has 0 unspecified atom stereocenters. The van der Waals surface area contributed by atoms with Crippen molar-refractivity contribution in [2.24, 2.45) is 5.92 Å². The number of para-hydroxylation sites is 2. The van der Waals surface area contributed by atoms with Crippen LogP contribution in [-0.2, 0) is 14.3 Å². The van der Waals surface area contributed by atoms with Crippen molar-refractivity contribution in [3.63, 3.8) is 0 Å². The average molecular weight is 423 g/mol. The molecule has 0 bridgehead atoms. The van der Waals surface area contributed by atoms with Crippen LogP contribution in [0.5, 0.6) is 5.75 Å². The van der Waals surface area contributed by atoms with E-state index in [1.807, 2.05) is 6.07 Å². The first-order chi connectivity index (χ1) is 14.8. The quantitative estimate of drug-likeness (QED) is 0.631. The third-order valence-electron chi connectivity index (χ3n) is 4.53. The van der Waals surface area contributed by atoms with Gasteiger partial charge in [-0.15, -0.1) is 0 Å². The zero-order valence-corrected chi connectivity index (χ0v) is 17.8. The number of carbonyl (C=O) groups excluding carboxylic acids is 3. The Morgan fingerprint density at radius 1 is 1.00 bits per heavy atom.